The van der Waals surface area contributed by atoms with Crippen LogP contribution in [0.1, 0.15) is 75.5 Å². The van der Waals surface area contributed by atoms with Crippen molar-refractivity contribution in [2.24, 2.45) is 29.6 Å². The fourth-order valence-corrected chi connectivity index (χ4v) is 8.10. The van der Waals surface area contributed by atoms with E-state index in [0.29, 0.717) is 42.7 Å². The maximum Gasteiger partial charge on any atom is 0.418 e. The van der Waals surface area contributed by atoms with E-state index in [-0.39, 0.29) is 29.6 Å². The number of nitrogens with zero attached hydrogens (tertiary/aromatic N) is 5. The number of piperidine rings is 1. The second kappa shape index (κ2) is 11.4. The molecule has 41 heavy (non-hydrogen) atoms. The topological polar surface area (TPSA) is 80.7 Å². The molecule has 2 saturated heterocycles. The molecule has 0 bridgehead atoms. The highest BCUT2D eigenvalue weighted by molar-refractivity contribution is 5.56. The van der Waals surface area contributed by atoms with Crippen LogP contribution in [0.5, 0.6) is 0 Å². The molecule has 2 saturated carbocycles. The summed E-state index contributed by atoms with van der Waals surface area (Å²) in [5.74, 6) is 1.30. The van der Waals surface area contributed by atoms with E-state index in [9.17, 15) is 23.2 Å². The largest absolute Gasteiger partial charge is 0.418 e. The van der Waals surface area contributed by atoms with Crippen LogP contribution in [0.2, 0.25) is 0 Å². The number of fused-ring (bicyclic) bond motifs is 1. The van der Waals surface area contributed by atoms with Crippen LogP contribution in [0.25, 0.3) is 5.52 Å². The second-order valence-corrected chi connectivity index (χ2v) is 13.2. The van der Waals surface area contributed by atoms with E-state index in [4.69, 9.17) is 0 Å². The molecule has 0 aromatic carbocycles. The van der Waals surface area contributed by atoms with Gasteiger partial charge in [0.05, 0.1) is 30.0 Å². The van der Waals surface area contributed by atoms with Gasteiger partial charge in [-0.05, 0) is 81.0 Å². The van der Waals surface area contributed by atoms with Gasteiger partial charge in [-0.1, -0.05) is 26.2 Å². The lowest BCUT2D eigenvalue weighted by Crippen LogP contribution is -2.50. The molecule has 0 spiro atoms. The zero-order valence-electron chi connectivity index (χ0n) is 24.0. The third-order valence-corrected chi connectivity index (χ3v) is 10.3. The quantitative estimate of drug-likeness (QED) is 0.527. The van der Waals surface area contributed by atoms with Crippen molar-refractivity contribution in [3.63, 3.8) is 0 Å². The molecule has 2 aromatic rings. The predicted octanol–water partition coefficient (Wildman–Crippen LogP) is 4.57. The molecule has 0 radical (unpaired) electrons. The third kappa shape index (κ3) is 5.68. The number of likely N-dealkylation sites (tertiary alicyclic amines) is 1. The van der Waals surface area contributed by atoms with Crippen molar-refractivity contribution >= 4 is 5.52 Å². The molecule has 2 aromatic heterocycles. The summed E-state index contributed by atoms with van der Waals surface area (Å²) in [5, 5.41) is 10.0. The summed E-state index contributed by atoms with van der Waals surface area (Å²) in [6.45, 7) is 4.98. The van der Waals surface area contributed by atoms with Gasteiger partial charge >= 0.3 is 11.9 Å². The van der Waals surface area contributed by atoms with Gasteiger partial charge in [-0.25, -0.2) is 15.6 Å². The molecule has 4 fully saturated rings. The predicted molar refractivity (Wildman–Crippen MR) is 149 cm³/mol. The highest BCUT2D eigenvalue weighted by Gasteiger charge is 2.45. The van der Waals surface area contributed by atoms with E-state index in [1.165, 1.54) is 27.7 Å². The van der Waals surface area contributed by atoms with Crippen LogP contribution in [-0.2, 0) is 12.7 Å². The van der Waals surface area contributed by atoms with Crippen LogP contribution in [0, 0.1) is 40.9 Å². The molecule has 4 heterocycles. The minimum atomic E-state index is -4.58. The fourth-order valence-electron chi connectivity index (χ4n) is 8.10. The Morgan fingerprint density at radius 3 is 2.56 bits per heavy atom. The van der Waals surface area contributed by atoms with Gasteiger partial charge in [-0.3, -0.25) is 18.8 Å². The lowest BCUT2D eigenvalue weighted by atomic mass is 9.63. The molecule has 11 heteroatoms. The molecule has 2 aliphatic carbocycles. The van der Waals surface area contributed by atoms with Crippen LogP contribution in [0.15, 0.2) is 23.3 Å². The number of pyridine rings is 1. The van der Waals surface area contributed by atoms with Crippen LogP contribution in [0.4, 0.5) is 13.2 Å². The highest BCUT2D eigenvalue weighted by atomic mass is 19.4. The van der Waals surface area contributed by atoms with Gasteiger partial charge in [-0.2, -0.15) is 18.4 Å². The van der Waals surface area contributed by atoms with Crippen molar-refractivity contribution in [3.05, 3.63) is 40.1 Å². The SMILES string of the molecule is C[C@H]1CCCN(Cc2cc(C(F)(F)F)c3cn(C4CC(C#N)CC(C(C5CCC5)C5NNCN5C)C4)c(=O)n3c2)C1. The molecule has 0 amide bonds. The zero-order chi connectivity index (χ0) is 28.9. The van der Waals surface area contributed by atoms with Gasteiger partial charge in [0, 0.05) is 37.4 Å². The lowest BCUT2D eigenvalue weighted by Gasteiger charge is -2.46. The Kier molecular flexibility index (Phi) is 7.96. The van der Waals surface area contributed by atoms with Crippen molar-refractivity contribution in [3.8, 4) is 6.07 Å². The molecule has 5 unspecified atom stereocenters. The van der Waals surface area contributed by atoms with E-state index in [0.717, 1.165) is 51.9 Å². The Balaban J connectivity index is 1.35. The van der Waals surface area contributed by atoms with Crippen molar-refractivity contribution in [1.29, 1.82) is 5.26 Å². The van der Waals surface area contributed by atoms with Crippen LogP contribution in [0.3, 0.4) is 0 Å². The average Bonchev–Trinajstić information content (AvgIpc) is 3.47. The summed E-state index contributed by atoms with van der Waals surface area (Å²) in [6, 6.07) is 3.36. The first-order valence-corrected chi connectivity index (χ1v) is 15.3. The van der Waals surface area contributed by atoms with Gasteiger partial charge in [-0.15, -0.1) is 0 Å². The number of hydrogen-bond acceptors (Lipinski definition) is 6. The summed E-state index contributed by atoms with van der Waals surface area (Å²) in [6.07, 6.45) is 6.13. The Hall–Kier alpha value is -2.39. The summed E-state index contributed by atoms with van der Waals surface area (Å²) in [4.78, 5) is 18.3. The van der Waals surface area contributed by atoms with E-state index in [2.05, 4.69) is 40.7 Å². The van der Waals surface area contributed by atoms with E-state index in [1.807, 2.05) is 0 Å². The summed E-state index contributed by atoms with van der Waals surface area (Å²) < 4.78 is 45.8. The van der Waals surface area contributed by atoms with Crippen molar-refractivity contribution < 1.29 is 13.2 Å². The Bertz CT molecular complexity index is 1340. The van der Waals surface area contributed by atoms with Gasteiger partial charge in [0.15, 0.2) is 0 Å². The van der Waals surface area contributed by atoms with Gasteiger partial charge in [0.2, 0.25) is 0 Å². The summed E-state index contributed by atoms with van der Waals surface area (Å²) in [7, 11) is 2.08. The number of rotatable bonds is 6. The molecule has 8 nitrogen and oxygen atoms in total. The van der Waals surface area contributed by atoms with Crippen LogP contribution in [-0.4, -0.2) is 51.7 Å². The standard InChI is InChI=1S/C30H42F3N7O/c1-19-5-4-8-38(14-19)15-21-11-25(30(31,32)33)26-17-39(29(41)40(26)16-21)24-10-20(13-34)9-23(12-24)27(22-6-3-7-22)28-36-35-18-37(28)2/h11,16-17,19-20,22-24,27-28,35-36H,3-10,12,14-15,18H2,1-2H3/t19-,20?,23?,24?,27?,28?/m0/s1. The first-order chi connectivity index (χ1) is 19.6. The maximum atomic E-state index is 14.4. The number of hydrazine groups is 1. The lowest BCUT2D eigenvalue weighted by molar-refractivity contribution is -0.136. The van der Waals surface area contributed by atoms with Crippen molar-refractivity contribution in [1.82, 2.24) is 29.6 Å². The number of nitriles is 1. The molecular weight excluding hydrogens is 531 g/mol. The monoisotopic (exact) mass is 573 g/mol. The fraction of sp³-hybridized carbons (Fsp3) is 0.733. The zero-order valence-corrected chi connectivity index (χ0v) is 24.0. The minimum Gasteiger partial charge on any atom is -0.299 e. The Labute approximate surface area is 239 Å². The van der Waals surface area contributed by atoms with Crippen LogP contribution < -0.4 is 16.5 Å². The highest BCUT2D eigenvalue weighted by Crippen LogP contribution is 2.48. The molecule has 4 aliphatic rings. The van der Waals surface area contributed by atoms with E-state index in [1.54, 1.807) is 6.20 Å². The number of hydrogen-bond donors (Lipinski definition) is 2. The normalized spacial score (nSPS) is 31.3. The second-order valence-electron chi connectivity index (χ2n) is 13.2. The van der Waals surface area contributed by atoms with Crippen LogP contribution >= 0.6 is 0 Å². The van der Waals surface area contributed by atoms with Gasteiger partial charge in [0.1, 0.15) is 0 Å². The number of halogens is 3. The van der Waals surface area contributed by atoms with E-state index >= 15 is 0 Å². The van der Waals surface area contributed by atoms with Crippen molar-refractivity contribution in [2.45, 2.75) is 83.2 Å². The Morgan fingerprint density at radius 1 is 1.12 bits per heavy atom. The first kappa shape index (κ1) is 28.7. The number of imidazole rings is 1. The summed E-state index contributed by atoms with van der Waals surface area (Å²) in [5.41, 5.74) is 5.85. The summed E-state index contributed by atoms with van der Waals surface area (Å²) >= 11 is 0. The number of aromatic nitrogens is 2. The molecule has 224 valence electrons. The molecule has 6 rings (SSSR count). The first-order valence-electron chi connectivity index (χ1n) is 15.3. The average molecular weight is 574 g/mol. The molecule has 2 N–H and O–H groups in total. The maximum absolute atomic E-state index is 14.4. The smallest absolute Gasteiger partial charge is 0.299 e. The molecule has 6 atom stereocenters. The van der Waals surface area contributed by atoms with Crippen molar-refractivity contribution in [2.75, 3.05) is 26.8 Å². The van der Waals surface area contributed by atoms with Gasteiger partial charge in [0.25, 0.3) is 0 Å². The molecular formula is C30H42F3N7O. The minimum absolute atomic E-state index is 0.106. The Morgan fingerprint density at radius 2 is 1.93 bits per heavy atom. The van der Waals surface area contributed by atoms with Gasteiger partial charge < -0.3 is 0 Å². The molecule has 2 aliphatic heterocycles. The number of nitrogens with one attached hydrogen (secondary N) is 2. The third-order valence-electron chi connectivity index (χ3n) is 10.3. The van der Waals surface area contributed by atoms with E-state index < -0.39 is 17.4 Å². The number of alkyl halides is 3.